The van der Waals surface area contributed by atoms with Crippen LogP contribution in [0.3, 0.4) is 0 Å². The molecule has 0 unspecified atom stereocenters. The van der Waals surface area contributed by atoms with Crippen LogP contribution in [0.25, 0.3) is 0 Å². The van der Waals surface area contributed by atoms with E-state index in [-0.39, 0.29) is 5.56 Å². The largest absolute Gasteiger partial charge is 0.454 e. The van der Waals surface area contributed by atoms with Gasteiger partial charge in [-0.05, 0) is 60.7 Å². The van der Waals surface area contributed by atoms with Gasteiger partial charge in [-0.3, -0.25) is 4.79 Å². The number of ether oxygens (including phenoxy) is 1. The number of halogens is 2. The van der Waals surface area contributed by atoms with Crippen molar-refractivity contribution in [3.63, 3.8) is 0 Å². The van der Waals surface area contributed by atoms with Gasteiger partial charge in [-0.15, -0.1) is 0 Å². The van der Waals surface area contributed by atoms with Crippen LogP contribution >= 0.6 is 11.6 Å². The van der Waals surface area contributed by atoms with Gasteiger partial charge in [0, 0.05) is 16.4 Å². The van der Waals surface area contributed by atoms with E-state index < -0.39 is 17.8 Å². The lowest BCUT2D eigenvalue weighted by Gasteiger charge is -2.11. The molecule has 1 heterocycles. The highest BCUT2D eigenvalue weighted by molar-refractivity contribution is 6.31. The molecule has 0 aromatic heterocycles. The minimum Gasteiger partial charge on any atom is -0.454 e. The van der Waals surface area contributed by atoms with Crippen LogP contribution < -0.4 is 20.7 Å². The quantitative estimate of drug-likeness (QED) is 0.535. The van der Waals surface area contributed by atoms with E-state index in [1.54, 1.807) is 30.3 Å². The Labute approximate surface area is 164 Å². The third-order valence-corrected chi connectivity index (χ3v) is 4.23. The number of hydrogen-bond donors (Lipinski definition) is 3. The van der Waals surface area contributed by atoms with Crippen molar-refractivity contribution < 1.29 is 18.7 Å². The number of hydrogen-bond acceptors (Lipinski definition) is 3. The molecule has 1 aliphatic rings. The van der Waals surface area contributed by atoms with Gasteiger partial charge in [-0.2, -0.15) is 0 Å². The van der Waals surface area contributed by atoms with Crippen molar-refractivity contribution in [3.8, 4) is 11.5 Å². The second-order valence-corrected chi connectivity index (χ2v) is 6.43. The normalized spacial score (nSPS) is 12.0. The van der Waals surface area contributed by atoms with Crippen LogP contribution in [-0.4, -0.2) is 11.9 Å². The molecule has 3 aromatic rings. The second-order valence-electron chi connectivity index (χ2n) is 5.99. The van der Waals surface area contributed by atoms with E-state index in [9.17, 15) is 14.0 Å². The van der Waals surface area contributed by atoms with Crippen LogP contribution in [0.4, 0.5) is 26.2 Å². The molecule has 28 heavy (non-hydrogen) atoms. The monoisotopic (exact) mass is 397 g/mol. The fourth-order valence-corrected chi connectivity index (χ4v) is 2.87. The van der Waals surface area contributed by atoms with Crippen molar-refractivity contribution in [3.05, 3.63) is 77.1 Å². The van der Waals surface area contributed by atoms with E-state index in [1.165, 1.54) is 30.3 Å². The highest BCUT2D eigenvalue weighted by Crippen LogP contribution is 2.37. The van der Waals surface area contributed by atoms with E-state index in [2.05, 4.69) is 16.0 Å². The van der Waals surface area contributed by atoms with Crippen molar-refractivity contribution in [2.75, 3.05) is 16.0 Å². The van der Waals surface area contributed by atoms with Gasteiger partial charge in [0.1, 0.15) is 11.6 Å². The Bertz CT molecular complexity index is 1090. The third kappa shape index (κ3) is 3.74. The van der Waals surface area contributed by atoms with Crippen LogP contribution in [0.2, 0.25) is 5.02 Å². The molecular formula is C20H13ClFN3O3. The standard InChI is InChI=1S/C20H13ClFN3O3/c21-11-1-7-18-16(9-11)25-19(26)15-10-14(6-8-17(15)28-18)24-20(27)23-13-4-2-12(22)3-5-13/h1-10H,(H,25,26)(H2,23,24,27). The van der Waals surface area contributed by atoms with Gasteiger partial charge in [0.15, 0.2) is 5.75 Å². The molecule has 0 spiro atoms. The first-order valence-electron chi connectivity index (χ1n) is 8.24. The first-order valence-corrected chi connectivity index (χ1v) is 8.62. The van der Waals surface area contributed by atoms with Crippen LogP contribution in [-0.2, 0) is 0 Å². The Morgan fingerprint density at radius 1 is 0.929 bits per heavy atom. The molecule has 3 N–H and O–H groups in total. The van der Waals surface area contributed by atoms with Gasteiger partial charge >= 0.3 is 6.03 Å². The molecule has 4 rings (SSSR count). The second kappa shape index (κ2) is 7.21. The molecule has 0 atom stereocenters. The third-order valence-electron chi connectivity index (χ3n) is 3.99. The van der Waals surface area contributed by atoms with Crippen molar-refractivity contribution in [2.45, 2.75) is 0 Å². The predicted molar refractivity (Wildman–Crippen MR) is 105 cm³/mol. The van der Waals surface area contributed by atoms with Crippen LogP contribution in [0.15, 0.2) is 60.7 Å². The summed E-state index contributed by atoms with van der Waals surface area (Å²) >= 11 is 5.96. The number of anilines is 3. The molecule has 0 bridgehead atoms. The van der Waals surface area contributed by atoms with Crippen molar-refractivity contribution in [2.24, 2.45) is 0 Å². The molecule has 1 aliphatic heterocycles. The lowest BCUT2D eigenvalue weighted by molar-refractivity contribution is 0.102. The van der Waals surface area contributed by atoms with Gasteiger partial charge < -0.3 is 20.7 Å². The zero-order chi connectivity index (χ0) is 19.7. The minimum atomic E-state index is -0.531. The molecule has 6 nitrogen and oxygen atoms in total. The summed E-state index contributed by atoms with van der Waals surface area (Å²) in [6.07, 6.45) is 0. The van der Waals surface area contributed by atoms with E-state index in [0.29, 0.717) is 33.6 Å². The fraction of sp³-hybridized carbons (Fsp3) is 0. The number of nitrogens with one attached hydrogen (secondary N) is 3. The summed E-state index contributed by atoms with van der Waals surface area (Å²) in [5.41, 5.74) is 1.53. The van der Waals surface area contributed by atoms with Gasteiger partial charge in [-0.1, -0.05) is 11.6 Å². The predicted octanol–water partition coefficient (Wildman–Crippen LogP) is 5.48. The van der Waals surface area contributed by atoms with E-state index in [4.69, 9.17) is 16.3 Å². The summed E-state index contributed by atoms with van der Waals surface area (Å²) in [5, 5.41) is 8.40. The highest BCUT2D eigenvalue weighted by atomic mass is 35.5. The van der Waals surface area contributed by atoms with Gasteiger partial charge in [-0.25, -0.2) is 9.18 Å². The van der Waals surface area contributed by atoms with Gasteiger partial charge in [0.2, 0.25) is 0 Å². The van der Waals surface area contributed by atoms with Gasteiger partial charge in [0.25, 0.3) is 5.91 Å². The minimum absolute atomic E-state index is 0.256. The van der Waals surface area contributed by atoms with Crippen molar-refractivity contribution in [1.82, 2.24) is 0 Å². The molecular weight excluding hydrogens is 385 g/mol. The Kier molecular flexibility index (Phi) is 4.58. The zero-order valence-corrected chi connectivity index (χ0v) is 15.0. The van der Waals surface area contributed by atoms with E-state index in [0.717, 1.165) is 0 Å². The Hall–Kier alpha value is -3.58. The maximum absolute atomic E-state index is 12.9. The topological polar surface area (TPSA) is 79.5 Å². The Balaban J connectivity index is 1.53. The lowest BCUT2D eigenvalue weighted by Crippen LogP contribution is -2.20. The lowest BCUT2D eigenvalue weighted by atomic mass is 10.1. The molecule has 0 aliphatic carbocycles. The number of rotatable bonds is 2. The number of benzene rings is 3. The Morgan fingerprint density at radius 3 is 2.39 bits per heavy atom. The summed E-state index contributed by atoms with van der Waals surface area (Å²) in [7, 11) is 0. The smallest absolute Gasteiger partial charge is 0.323 e. The molecule has 0 radical (unpaired) electrons. The van der Waals surface area contributed by atoms with Crippen LogP contribution in [0.1, 0.15) is 10.4 Å². The number of fused-ring (bicyclic) bond motifs is 2. The summed E-state index contributed by atoms with van der Waals surface area (Å²) < 4.78 is 18.7. The van der Waals surface area contributed by atoms with E-state index in [1.807, 2.05) is 0 Å². The number of carbonyl (C=O) groups is 2. The number of urea groups is 1. The zero-order valence-electron chi connectivity index (χ0n) is 14.3. The average Bonchev–Trinajstić information content (AvgIpc) is 2.79. The molecule has 0 saturated heterocycles. The Morgan fingerprint density at radius 2 is 1.61 bits per heavy atom. The van der Waals surface area contributed by atoms with E-state index >= 15 is 0 Å². The van der Waals surface area contributed by atoms with Crippen molar-refractivity contribution >= 4 is 40.6 Å². The van der Waals surface area contributed by atoms with Gasteiger partial charge in [0.05, 0.1) is 11.3 Å². The molecule has 0 fully saturated rings. The highest BCUT2D eigenvalue weighted by Gasteiger charge is 2.21. The molecule has 3 aromatic carbocycles. The fourth-order valence-electron chi connectivity index (χ4n) is 2.70. The molecule has 140 valence electrons. The van der Waals surface area contributed by atoms with Crippen LogP contribution in [0, 0.1) is 5.82 Å². The molecule has 0 saturated carbocycles. The number of amides is 3. The maximum atomic E-state index is 12.9. The van der Waals surface area contributed by atoms with Crippen LogP contribution in [0.5, 0.6) is 11.5 Å². The average molecular weight is 398 g/mol. The van der Waals surface area contributed by atoms with Crippen molar-refractivity contribution in [1.29, 1.82) is 0 Å². The first kappa shape index (κ1) is 17.8. The summed E-state index contributed by atoms with van der Waals surface area (Å²) in [6.45, 7) is 0. The summed E-state index contributed by atoms with van der Waals surface area (Å²) in [4.78, 5) is 24.7. The SMILES string of the molecule is O=C(Nc1ccc(F)cc1)Nc1ccc2c(c1)C(=O)Nc1cc(Cl)ccc1O2. The maximum Gasteiger partial charge on any atom is 0.323 e. The molecule has 3 amide bonds. The number of carbonyl (C=O) groups excluding carboxylic acids is 2. The first-order chi connectivity index (χ1) is 13.5. The summed E-state index contributed by atoms with van der Waals surface area (Å²) in [6, 6.07) is 14.4. The molecule has 8 heteroatoms. The summed E-state index contributed by atoms with van der Waals surface area (Å²) in [5.74, 6) is 0.0259.